The number of hydrogen-bond donors (Lipinski definition) is 0. The van der Waals surface area contributed by atoms with Crippen molar-refractivity contribution in [2.24, 2.45) is 10.9 Å². The zero-order valence-electron chi connectivity index (χ0n) is 19.6. The second-order valence-corrected chi connectivity index (χ2v) is 9.78. The molecule has 0 N–H and O–H groups in total. The fraction of sp³-hybridized carbons (Fsp3) is 0.600. The van der Waals surface area contributed by atoms with Crippen LogP contribution in [0, 0.1) is 18.3 Å². The van der Waals surface area contributed by atoms with Crippen molar-refractivity contribution in [1.29, 1.82) is 0 Å². The van der Waals surface area contributed by atoms with Crippen LogP contribution in [-0.2, 0) is 23.9 Å². The zero-order chi connectivity index (χ0) is 24.0. The fourth-order valence-corrected chi connectivity index (χ4v) is 5.26. The molecule has 33 heavy (non-hydrogen) atoms. The summed E-state index contributed by atoms with van der Waals surface area (Å²) in [5, 5.41) is 0. The topological polar surface area (TPSA) is 85.3 Å². The highest BCUT2D eigenvalue weighted by Gasteiger charge is 2.33. The van der Waals surface area contributed by atoms with E-state index in [1.165, 1.54) is 20.3 Å². The average Bonchev–Trinajstić information content (AvgIpc) is 3.18. The lowest BCUT2D eigenvalue weighted by molar-refractivity contribution is -0.154. The van der Waals surface area contributed by atoms with E-state index < -0.39 is 24.1 Å². The van der Waals surface area contributed by atoms with Gasteiger partial charge in [-0.2, -0.15) is 0 Å². The van der Waals surface area contributed by atoms with Crippen molar-refractivity contribution in [3.8, 4) is 12.3 Å². The van der Waals surface area contributed by atoms with E-state index in [-0.39, 0.29) is 18.8 Å². The maximum absolute atomic E-state index is 12.9. The molecule has 0 saturated heterocycles. The third-order valence-electron chi connectivity index (χ3n) is 6.15. The molecule has 178 valence electrons. The molecule has 7 nitrogen and oxygen atoms in total. The standard InChI is InChI=1S/C25H32N2O5S/c1-5-19-14-21-24(33-19)23(18-10-7-6-8-11-18)26-20(15-27(21)4)25(30)31-13-9-12-22(29)32-17(3)16(2)28/h1,14,17-18,20H,6-13,15H2,2-4H3. The van der Waals surface area contributed by atoms with Gasteiger partial charge in [0.15, 0.2) is 17.9 Å². The maximum Gasteiger partial charge on any atom is 0.332 e. The van der Waals surface area contributed by atoms with Gasteiger partial charge in [-0.25, -0.2) is 4.79 Å². The van der Waals surface area contributed by atoms with Gasteiger partial charge in [0.05, 0.1) is 34.3 Å². The first-order valence-corrected chi connectivity index (χ1v) is 12.4. The molecule has 1 saturated carbocycles. The predicted octanol–water partition coefficient (Wildman–Crippen LogP) is 3.76. The molecule has 1 fully saturated rings. The minimum Gasteiger partial charge on any atom is -0.464 e. The van der Waals surface area contributed by atoms with Crippen molar-refractivity contribution in [3.05, 3.63) is 15.8 Å². The Hall–Kier alpha value is -2.66. The number of ether oxygens (including phenoxy) is 2. The molecule has 3 rings (SSSR count). The van der Waals surface area contributed by atoms with E-state index >= 15 is 0 Å². The average molecular weight is 473 g/mol. The Labute approximate surface area is 199 Å². The Bertz CT molecular complexity index is 954. The number of nitrogens with zero attached hydrogens (tertiary/aromatic N) is 2. The van der Waals surface area contributed by atoms with Crippen LogP contribution in [0.3, 0.4) is 0 Å². The summed E-state index contributed by atoms with van der Waals surface area (Å²) < 4.78 is 10.5. The van der Waals surface area contributed by atoms with E-state index in [4.69, 9.17) is 20.9 Å². The Kier molecular flexibility index (Phi) is 8.67. The molecule has 2 aliphatic rings. The summed E-state index contributed by atoms with van der Waals surface area (Å²) in [4.78, 5) is 44.8. The number of Topliss-reactive ketones (excluding diaryl/α,β-unsaturated/α-hetero) is 1. The summed E-state index contributed by atoms with van der Waals surface area (Å²) in [6.07, 6.45) is 11.0. The Morgan fingerprint density at radius 3 is 2.70 bits per heavy atom. The normalized spacial score (nSPS) is 19.5. The number of aliphatic imine (C=N–C) groups is 1. The number of likely N-dealkylation sites (N-methyl/N-ethyl adjacent to an activating group) is 1. The second-order valence-electron chi connectivity index (χ2n) is 8.73. The first kappa shape index (κ1) is 25.0. The minimum absolute atomic E-state index is 0.0816. The molecule has 2 heterocycles. The number of fused-ring (bicyclic) bond motifs is 1. The summed E-state index contributed by atoms with van der Waals surface area (Å²) in [6, 6.07) is 1.37. The highest BCUT2D eigenvalue weighted by molar-refractivity contribution is 7.15. The minimum atomic E-state index is -0.759. The van der Waals surface area contributed by atoms with Crippen molar-refractivity contribution < 1.29 is 23.9 Å². The Morgan fingerprint density at radius 2 is 2.03 bits per heavy atom. The third-order valence-corrected chi connectivity index (χ3v) is 7.23. The van der Waals surface area contributed by atoms with E-state index in [2.05, 4.69) is 5.92 Å². The van der Waals surface area contributed by atoms with E-state index in [9.17, 15) is 14.4 Å². The van der Waals surface area contributed by atoms with Gasteiger partial charge < -0.3 is 14.4 Å². The fourth-order valence-electron chi connectivity index (χ4n) is 4.16. The van der Waals surface area contributed by atoms with E-state index in [1.54, 1.807) is 11.3 Å². The summed E-state index contributed by atoms with van der Waals surface area (Å²) in [6.45, 7) is 3.41. The van der Waals surface area contributed by atoms with Gasteiger partial charge in [-0.3, -0.25) is 14.6 Å². The quantitative estimate of drug-likeness (QED) is 0.325. The van der Waals surface area contributed by atoms with E-state index in [1.807, 2.05) is 18.0 Å². The number of anilines is 1. The lowest BCUT2D eigenvalue weighted by Crippen LogP contribution is -2.34. The lowest BCUT2D eigenvalue weighted by atomic mass is 9.85. The van der Waals surface area contributed by atoms with Crippen LogP contribution < -0.4 is 4.90 Å². The van der Waals surface area contributed by atoms with Crippen LogP contribution in [0.5, 0.6) is 0 Å². The van der Waals surface area contributed by atoms with Crippen LogP contribution in [0.25, 0.3) is 0 Å². The smallest absolute Gasteiger partial charge is 0.332 e. The first-order chi connectivity index (χ1) is 15.8. The van der Waals surface area contributed by atoms with Gasteiger partial charge in [0.1, 0.15) is 0 Å². The van der Waals surface area contributed by atoms with Crippen LogP contribution >= 0.6 is 11.3 Å². The van der Waals surface area contributed by atoms with Crippen molar-refractivity contribution in [2.45, 2.75) is 70.9 Å². The largest absolute Gasteiger partial charge is 0.464 e. The molecule has 1 aliphatic carbocycles. The van der Waals surface area contributed by atoms with Crippen LogP contribution in [0.2, 0.25) is 0 Å². The highest BCUT2D eigenvalue weighted by Crippen LogP contribution is 2.38. The molecular formula is C25H32N2O5S. The number of carbonyl (C=O) groups is 3. The van der Waals surface area contributed by atoms with Crippen LogP contribution in [0.4, 0.5) is 5.69 Å². The molecule has 0 spiro atoms. The second kappa shape index (κ2) is 11.5. The Balaban J connectivity index is 1.66. The van der Waals surface area contributed by atoms with Crippen LogP contribution in [-0.4, -0.2) is 55.8 Å². The van der Waals surface area contributed by atoms with E-state index in [0.717, 1.165) is 46.8 Å². The molecule has 2 atom stereocenters. The van der Waals surface area contributed by atoms with Gasteiger partial charge in [-0.1, -0.05) is 25.2 Å². The third kappa shape index (κ3) is 6.44. The number of rotatable bonds is 8. The molecule has 2 unspecified atom stereocenters. The molecule has 1 aromatic heterocycles. The monoisotopic (exact) mass is 472 g/mol. The highest BCUT2D eigenvalue weighted by atomic mass is 32.1. The van der Waals surface area contributed by atoms with Gasteiger partial charge in [0.25, 0.3) is 0 Å². The number of carbonyl (C=O) groups excluding carboxylic acids is 3. The number of thiophene rings is 1. The lowest BCUT2D eigenvalue weighted by Gasteiger charge is -2.23. The summed E-state index contributed by atoms with van der Waals surface area (Å²) in [5.74, 6) is 1.97. The number of hydrogen-bond acceptors (Lipinski definition) is 8. The maximum atomic E-state index is 12.9. The molecule has 8 heteroatoms. The van der Waals surface area contributed by atoms with Crippen molar-refractivity contribution in [1.82, 2.24) is 0 Å². The van der Waals surface area contributed by atoms with E-state index in [0.29, 0.717) is 18.9 Å². The van der Waals surface area contributed by atoms with Crippen molar-refractivity contribution >= 4 is 40.5 Å². The van der Waals surface area contributed by atoms with Gasteiger partial charge in [-0.15, -0.1) is 17.8 Å². The Morgan fingerprint density at radius 1 is 1.30 bits per heavy atom. The summed E-state index contributed by atoms with van der Waals surface area (Å²) in [7, 11) is 1.94. The van der Waals surface area contributed by atoms with Gasteiger partial charge >= 0.3 is 11.9 Å². The molecule has 0 aromatic carbocycles. The molecular weight excluding hydrogens is 440 g/mol. The van der Waals surface area contributed by atoms with Gasteiger partial charge in [0.2, 0.25) is 0 Å². The first-order valence-electron chi connectivity index (χ1n) is 11.6. The summed E-state index contributed by atoms with van der Waals surface area (Å²) in [5.41, 5.74) is 2.00. The predicted molar refractivity (Wildman–Crippen MR) is 129 cm³/mol. The SMILES string of the molecule is C#Cc1cc2c(s1)C(C1CCCCC1)=NC(C(=O)OCCCC(=O)OC(C)C(C)=O)CN2C. The van der Waals surface area contributed by atoms with Crippen LogP contribution in [0.1, 0.15) is 68.5 Å². The number of esters is 2. The zero-order valence-corrected chi connectivity index (χ0v) is 20.4. The molecule has 1 aliphatic heterocycles. The summed E-state index contributed by atoms with van der Waals surface area (Å²) >= 11 is 1.56. The number of ketones is 1. The molecule has 0 amide bonds. The molecule has 0 bridgehead atoms. The van der Waals surface area contributed by atoms with Crippen LogP contribution in [0.15, 0.2) is 11.1 Å². The number of terminal acetylenes is 1. The van der Waals surface area contributed by atoms with Gasteiger partial charge in [0, 0.05) is 19.4 Å². The molecule has 0 radical (unpaired) electrons. The van der Waals surface area contributed by atoms with Gasteiger partial charge in [-0.05, 0) is 39.2 Å². The van der Waals surface area contributed by atoms with Crippen molar-refractivity contribution in [3.63, 3.8) is 0 Å². The van der Waals surface area contributed by atoms with Crippen molar-refractivity contribution in [2.75, 3.05) is 25.1 Å². The molecule has 1 aromatic rings.